The summed E-state index contributed by atoms with van der Waals surface area (Å²) in [6.07, 6.45) is 0.791. The molecule has 0 saturated heterocycles. The van der Waals surface area contributed by atoms with Gasteiger partial charge in [-0.3, -0.25) is 0 Å². The molecule has 0 aliphatic carbocycles. The van der Waals surface area contributed by atoms with Gasteiger partial charge in [-0.25, -0.2) is 0 Å². The summed E-state index contributed by atoms with van der Waals surface area (Å²) in [7, 11) is 0. The summed E-state index contributed by atoms with van der Waals surface area (Å²) in [6, 6.07) is 23.4. The first-order valence-electron chi connectivity index (χ1n) is 8.44. The predicted molar refractivity (Wildman–Crippen MR) is 96.3 cm³/mol. The first kappa shape index (κ1) is 17.2. The molecule has 0 amide bonds. The number of hydrogen-bond acceptors (Lipinski definition) is 2. The molecule has 0 saturated carbocycles. The van der Waals surface area contributed by atoms with E-state index in [0.717, 1.165) is 30.6 Å². The fourth-order valence-corrected chi connectivity index (χ4v) is 3.44. The molecule has 2 rings (SSSR count). The van der Waals surface area contributed by atoms with Gasteiger partial charge in [-0.15, -0.1) is 0 Å². The maximum absolute atomic E-state index is 10.2. The Morgan fingerprint density at radius 1 is 0.913 bits per heavy atom. The molecular formula is C21H26N2. The van der Waals surface area contributed by atoms with Crippen LogP contribution in [0.3, 0.4) is 0 Å². The van der Waals surface area contributed by atoms with Crippen LogP contribution in [0.25, 0.3) is 0 Å². The van der Waals surface area contributed by atoms with E-state index >= 15 is 0 Å². The maximum Gasteiger partial charge on any atom is 0.109 e. The van der Waals surface area contributed by atoms with E-state index in [2.05, 4.69) is 56.0 Å². The summed E-state index contributed by atoms with van der Waals surface area (Å²) in [5.74, 6) is 0. The molecule has 2 nitrogen and oxygen atoms in total. The van der Waals surface area contributed by atoms with Crippen LogP contribution in [0.2, 0.25) is 0 Å². The second-order valence-corrected chi connectivity index (χ2v) is 6.02. The lowest BCUT2D eigenvalue weighted by atomic mass is 9.71. The van der Waals surface area contributed by atoms with Gasteiger partial charge in [0.2, 0.25) is 0 Å². The van der Waals surface area contributed by atoms with Crippen LogP contribution in [-0.4, -0.2) is 24.0 Å². The lowest BCUT2D eigenvalue weighted by Crippen LogP contribution is -2.39. The van der Waals surface area contributed by atoms with E-state index < -0.39 is 5.41 Å². The Kier molecular flexibility index (Phi) is 5.96. The minimum atomic E-state index is -0.607. The van der Waals surface area contributed by atoms with Crippen LogP contribution in [0.1, 0.15) is 38.3 Å². The zero-order valence-corrected chi connectivity index (χ0v) is 14.4. The Morgan fingerprint density at radius 3 is 1.70 bits per heavy atom. The van der Waals surface area contributed by atoms with Crippen molar-refractivity contribution in [3.63, 3.8) is 0 Å². The summed E-state index contributed by atoms with van der Waals surface area (Å²) in [6.45, 7) is 8.59. The van der Waals surface area contributed by atoms with Crippen LogP contribution in [0.4, 0.5) is 0 Å². The monoisotopic (exact) mass is 306 g/mol. The highest BCUT2D eigenvalue weighted by Gasteiger charge is 2.36. The topological polar surface area (TPSA) is 27.0 Å². The van der Waals surface area contributed by atoms with Crippen molar-refractivity contribution in [2.75, 3.05) is 13.1 Å². The summed E-state index contributed by atoms with van der Waals surface area (Å²) in [4.78, 5) is 2.41. The summed E-state index contributed by atoms with van der Waals surface area (Å²) < 4.78 is 0. The van der Waals surface area contributed by atoms with Crippen molar-refractivity contribution < 1.29 is 0 Å². The number of rotatable bonds is 7. The van der Waals surface area contributed by atoms with Gasteiger partial charge in [0, 0.05) is 6.04 Å². The summed E-state index contributed by atoms with van der Waals surface area (Å²) in [5, 5.41) is 10.2. The minimum absolute atomic E-state index is 0.338. The second kappa shape index (κ2) is 7.94. The molecule has 0 spiro atoms. The zero-order chi connectivity index (χ0) is 16.7. The molecule has 1 atom stereocenters. The average molecular weight is 306 g/mol. The quantitative estimate of drug-likeness (QED) is 0.746. The van der Waals surface area contributed by atoms with Crippen LogP contribution in [-0.2, 0) is 5.41 Å². The van der Waals surface area contributed by atoms with Gasteiger partial charge in [-0.2, -0.15) is 5.26 Å². The molecule has 2 aromatic rings. The molecule has 0 N–H and O–H groups in total. The van der Waals surface area contributed by atoms with Crippen molar-refractivity contribution in [1.82, 2.24) is 4.90 Å². The third-order valence-electron chi connectivity index (χ3n) is 4.76. The molecular weight excluding hydrogens is 280 g/mol. The van der Waals surface area contributed by atoms with Gasteiger partial charge in [-0.05, 0) is 37.6 Å². The highest BCUT2D eigenvalue weighted by atomic mass is 15.1. The van der Waals surface area contributed by atoms with Crippen molar-refractivity contribution >= 4 is 0 Å². The molecule has 1 unspecified atom stereocenters. The molecule has 120 valence electrons. The third kappa shape index (κ3) is 3.63. The van der Waals surface area contributed by atoms with Crippen molar-refractivity contribution in [3.05, 3.63) is 71.8 Å². The van der Waals surface area contributed by atoms with E-state index in [4.69, 9.17) is 0 Å². The number of benzene rings is 2. The summed E-state index contributed by atoms with van der Waals surface area (Å²) in [5.41, 5.74) is 1.55. The van der Waals surface area contributed by atoms with E-state index in [1.54, 1.807) is 0 Å². The predicted octanol–water partition coefficient (Wildman–Crippen LogP) is 4.62. The van der Waals surface area contributed by atoms with Crippen molar-refractivity contribution in [2.45, 2.75) is 38.6 Å². The van der Waals surface area contributed by atoms with E-state index in [1.807, 2.05) is 36.4 Å². The normalized spacial score (nSPS) is 12.8. The molecule has 0 radical (unpaired) electrons. The van der Waals surface area contributed by atoms with Crippen LogP contribution in [0.15, 0.2) is 60.7 Å². The number of nitriles is 1. The van der Waals surface area contributed by atoms with E-state index in [9.17, 15) is 5.26 Å². The number of nitrogens with zero attached hydrogens (tertiary/aromatic N) is 2. The molecule has 2 aromatic carbocycles. The van der Waals surface area contributed by atoms with Crippen LogP contribution >= 0.6 is 0 Å². The molecule has 0 aliphatic heterocycles. The molecule has 0 bridgehead atoms. The van der Waals surface area contributed by atoms with E-state index in [0.29, 0.717) is 6.04 Å². The van der Waals surface area contributed by atoms with Gasteiger partial charge in [0.1, 0.15) is 5.41 Å². The molecule has 0 heterocycles. The van der Waals surface area contributed by atoms with E-state index in [-0.39, 0.29) is 0 Å². The van der Waals surface area contributed by atoms with E-state index in [1.165, 1.54) is 0 Å². The summed E-state index contributed by atoms with van der Waals surface area (Å²) >= 11 is 0. The van der Waals surface area contributed by atoms with Gasteiger partial charge in [0.25, 0.3) is 0 Å². The highest BCUT2D eigenvalue weighted by molar-refractivity contribution is 5.46. The Bertz CT molecular complexity index is 584. The van der Waals surface area contributed by atoms with Crippen molar-refractivity contribution in [2.24, 2.45) is 0 Å². The van der Waals surface area contributed by atoms with Crippen LogP contribution in [0.5, 0.6) is 0 Å². The lowest BCUT2D eigenvalue weighted by Gasteiger charge is -2.35. The Hall–Kier alpha value is -2.11. The standard InChI is InChI=1S/C21H26N2/c1-4-23(5-2)18(3)16-21(17-22,19-12-8-6-9-13-19)20-14-10-7-11-15-20/h6-15,18H,4-5,16H2,1-3H3. The van der Waals surface area contributed by atoms with Crippen molar-refractivity contribution in [3.8, 4) is 6.07 Å². The first-order valence-corrected chi connectivity index (χ1v) is 8.44. The first-order chi connectivity index (χ1) is 11.2. The molecule has 23 heavy (non-hydrogen) atoms. The maximum atomic E-state index is 10.2. The molecule has 0 aromatic heterocycles. The van der Waals surface area contributed by atoms with Gasteiger partial charge >= 0.3 is 0 Å². The highest BCUT2D eigenvalue weighted by Crippen LogP contribution is 2.37. The van der Waals surface area contributed by atoms with Crippen molar-refractivity contribution in [1.29, 1.82) is 5.26 Å². The second-order valence-electron chi connectivity index (χ2n) is 6.02. The Balaban J connectivity index is 2.50. The fraction of sp³-hybridized carbons (Fsp3) is 0.381. The minimum Gasteiger partial charge on any atom is -0.301 e. The Morgan fingerprint density at radius 2 is 1.35 bits per heavy atom. The SMILES string of the molecule is CCN(CC)C(C)CC(C#N)(c1ccccc1)c1ccccc1. The average Bonchev–Trinajstić information content (AvgIpc) is 2.62. The zero-order valence-electron chi connectivity index (χ0n) is 14.4. The third-order valence-corrected chi connectivity index (χ3v) is 4.76. The molecule has 2 heteroatoms. The van der Waals surface area contributed by atoms with Gasteiger partial charge in [0.05, 0.1) is 6.07 Å². The van der Waals surface area contributed by atoms with Crippen LogP contribution < -0.4 is 0 Å². The number of hydrogen-bond donors (Lipinski definition) is 0. The Labute approximate surface area is 140 Å². The van der Waals surface area contributed by atoms with Gasteiger partial charge in [0.15, 0.2) is 0 Å². The molecule has 0 fully saturated rings. The molecule has 0 aliphatic rings. The largest absolute Gasteiger partial charge is 0.301 e. The van der Waals surface area contributed by atoms with Gasteiger partial charge in [-0.1, -0.05) is 74.5 Å². The van der Waals surface area contributed by atoms with Gasteiger partial charge < -0.3 is 4.90 Å². The lowest BCUT2D eigenvalue weighted by molar-refractivity contribution is 0.206. The fourth-order valence-electron chi connectivity index (χ4n) is 3.44. The smallest absolute Gasteiger partial charge is 0.109 e. The van der Waals surface area contributed by atoms with Crippen LogP contribution in [0, 0.1) is 11.3 Å².